The first kappa shape index (κ1) is 68.7. The van der Waals surface area contributed by atoms with E-state index < -0.39 is 75.7 Å². The van der Waals surface area contributed by atoms with E-state index in [9.17, 15) is 9.59 Å². The van der Waals surface area contributed by atoms with E-state index in [1.807, 2.05) is 237 Å². The summed E-state index contributed by atoms with van der Waals surface area (Å²) in [7, 11) is 1.59. The highest BCUT2D eigenvalue weighted by molar-refractivity contribution is 8.06. The fourth-order valence-electron chi connectivity index (χ4n) is 11.5. The first-order chi connectivity index (χ1) is 48.0. The summed E-state index contributed by atoms with van der Waals surface area (Å²) < 4.78 is 31.1. The Labute approximate surface area is 587 Å². The number of carbonyl (C=O) groups excluding carboxylic acids is 5. The zero-order valence-electron chi connectivity index (χ0n) is 55.1. The van der Waals surface area contributed by atoms with Gasteiger partial charge in [0.05, 0.1) is 19.4 Å². The van der Waals surface area contributed by atoms with Crippen LogP contribution in [-0.2, 0) is 59.9 Å². The van der Waals surface area contributed by atoms with Crippen LogP contribution >= 0.6 is 34.9 Å². The molecule has 4 heterocycles. The number of hydrogen-bond acceptors (Lipinski definition) is 18. The Bertz CT molecular complexity index is 4270. The van der Waals surface area contributed by atoms with Gasteiger partial charge in [-0.1, -0.05) is 241 Å². The number of nitrogens with one attached hydrogen (secondary N) is 2. The summed E-state index contributed by atoms with van der Waals surface area (Å²) in [6.07, 6.45) is 0.137. The van der Waals surface area contributed by atoms with Crippen molar-refractivity contribution in [2.75, 3.05) is 18.2 Å². The summed E-state index contributed by atoms with van der Waals surface area (Å²) in [6.45, 7) is 8.24. The second kappa shape index (κ2) is 30.7. The molecular formula is C79H72N6O11S3. The molecule has 1 saturated heterocycles. The number of thiazole rings is 1. The Morgan fingerprint density at radius 1 is 0.667 bits per heavy atom. The van der Waals surface area contributed by atoms with Crippen LogP contribution in [-0.4, -0.2) is 98.4 Å². The predicted octanol–water partition coefficient (Wildman–Crippen LogP) is 14.3. The van der Waals surface area contributed by atoms with Gasteiger partial charge < -0.3 is 39.2 Å². The number of benzene rings is 8. The molecule has 3 aliphatic rings. The van der Waals surface area contributed by atoms with Crippen molar-refractivity contribution in [1.29, 1.82) is 0 Å². The van der Waals surface area contributed by atoms with E-state index in [-0.39, 0.29) is 40.9 Å². The van der Waals surface area contributed by atoms with E-state index in [2.05, 4.69) is 15.8 Å². The molecule has 3 aliphatic heterocycles. The number of oxime groups is 1. The lowest BCUT2D eigenvalue weighted by atomic mass is 9.77. The predicted molar refractivity (Wildman–Crippen MR) is 386 cm³/mol. The first-order valence-corrected chi connectivity index (χ1v) is 34.9. The lowest BCUT2D eigenvalue weighted by Gasteiger charge is -2.49. The van der Waals surface area contributed by atoms with Gasteiger partial charge >= 0.3 is 11.9 Å². The van der Waals surface area contributed by atoms with Crippen LogP contribution in [0.2, 0.25) is 0 Å². The molecule has 1 fully saturated rings. The number of ketones is 1. The fourth-order valence-corrected chi connectivity index (χ4v) is 14.9. The minimum atomic E-state index is -1.73. The van der Waals surface area contributed by atoms with Crippen LogP contribution in [0.5, 0.6) is 5.75 Å². The number of thioether (sulfide) groups is 2. The van der Waals surface area contributed by atoms with E-state index in [1.165, 1.54) is 54.1 Å². The second-order valence-corrected chi connectivity index (χ2v) is 28.0. The molecule has 17 nitrogen and oxygen atoms in total. The van der Waals surface area contributed by atoms with Gasteiger partial charge in [-0.2, -0.15) is 0 Å². The average Bonchev–Trinajstić information content (AvgIpc) is 0.897. The van der Waals surface area contributed by atoms with Gasteiger partial charge in [-0.3, -0.25) is 24.3 Å². The number of esters is 2. The van der Waals surface area contributed by atoms with Crippen LogP contribution < -0.4 is 15.4 Å². The zero-order chi connectivity index (χ0) is 69.1. The van der Waals surface area contributed by atoms with Crippen molar-refractivity contribution in [1.82, 2.24) is 15.2 Å². The highest BCUT2D eigenvalue weighted by Gasteiger charge is 2.56. The van der Waals surface area contributed by atoms with Crippen molar-refractivity contribution >= 4 is 81.5 Å². The highest BCUT2D eigenvalue weighted by Crippen LogP contribution is 2.48. The van der Waals surface area contributed by atoms with Crippen molar-refractivity contribution in [2.45, 2.75) is 93.1 Å². The lowest BCUT2D eigenvalue weighted by Crippen LogP contribution is -2.71. The van der Waals surface area contributed by atoms with Gasteiger partial charge in [-0.05, 0) is 91.3 Å². The Hall–Kier alpha value is -10.2. The van der Waals surface area contributed by atoms with Crippen molar-refractivity contribution in [3.8, 4) is 5.75 Å². The molecular weight excluding hydrogens is 1310 g/mol. The minimum absolute atomic E-state index is 0.0577. The molecule has 0 spiro atoms. The summed E-state index contributed by atoms with van der Waals surface area (Å²) >= 11 is 3.63. The van der Waals surface area contributed by atoms with Gasteiger partial charge in [-0.25, -0.2) is 14.6 Å². The Kier molecular flexibility index (Phi) is 21.3. The molecule has 99 heavy (non-hydrogen) atoms. The Morgan fingerprint density at radius 3 is 1.67 bits per heavy atom. The van der Waals surface area contributed by atoms with Gasteiger partial charge in [0.1, 0.15) is 45.8 Å². The molecule has 0 radical (unpaired) electrons. The standard InChI is InChI=1S/C79H72N6O11S3/c1-77(2,3)95-75(90)78(4,5)96-84-65(61-49-98-76(81-61)83-79(56-36-22-11-23-37-56,57-38-24-12-25-39-57)58-40-26-13-27-41-58)70(87)82-66-71(88)85-67(73(89)93-68(52-28-14-7-15-29-52)53-30-16-8-17-31-53)64(50-97-72(66)85)99-74(94-69(54-32-18-9-19-33-54)55-34-20-10-21-35-55)60-46-62(86)63(47-80-60)92-48-51-42-44-59(91-6)45-43-51/h7-47,49,63,66,68-69,72,74H,48,50H2,1-6H3,(H,81,83)(H,82,87)/b84-65-/t63?,66?,72-,74?/m0/s1. The molecule has 0 saturated carbocycles. The van der Waals surface area contributed by atoms with Crippen molar-refractivity contribution in [2.24, 2.45) is 10.1 Å². The highest BCUT2D eigenvalue weighted by atomic mass is 32.2. The molecule has 502 valence electrons. The van der Waals surface area contributed by atoms with Gasteiger partial charge in [0.25, 0.3) is 11.8 Å². The van der Waals surface area contributed by atoms with Crippen LogP contribution in [0.1, 0.15) is 97.0 Å². The van der Waals surface area contributed by atoms with Gasteiger partial charge in [-0.15, -0.1) is 23.1 Å². The molecule has 9 aromatic rings. The minimum Gasteiger partial charge on any atom is -0.497 e. The topological polar surface area (TPSA) is 206 Å². The van der Waals surface area contributed by atoms with E-state index in [0.717, 1.165) is 45.1 Å². The largest absolute Gasteiger partial charge is 0.497 e. The number of rotatable bonds is 26. The van der Waals surface area contributed by atoms with Crippen LogP contribution in [0.4, 0.5) is 5.13 Å². The lowest BCUT2D eigenvalue weighted by molar-refractivity contribution is -0.179. The number of amides is 2. The number of β-lactam (4-membered cyclic amide) rings is 1. The van der Waals surface area contributed by atoms with Crippen LogP contribution in [0.15, 0.2) is 274 Å². The number of hydrogen-bond donors (Lipinski definition) is 2. The first-order valence-electron chi connectivity index (χ1n) is 32.1. The van der Waals surface area contributed by atoms with Crippen molar-refractivity contribution in [3.05, 3.63) is 315 Å². The smallest absolute Gasteiger partial charge is 0.356 e. The zero-order valence-corrected chi connectivity index (χ0v) is 57.6. The number of aliphatic imine (C=N–C) groups is 1. The maximum Gasteiger partial charge on any atom is 0.356 e. The van der Waals surface area contributed by atoms with E-state index in [4.69, 9.17) is 38.5 Å². The Morgan fingerprint density at radius 2 is 1.17 bits per heavy atom. The third kappa shape index (κ3) is 15.9. The molecule has 2 amide bonds. The number of ether oxygens (including phenoxy) is 5. The molecule has 2 N–H and O–H groups in total. The fraction of sp³-hybridized carbons (Fsp3) is 0.215. The van der Waals surface area contributed by atoms with Gasteiger partial charge in [0.15, 0.2) is 34.3 Å². The normalized spacial score (nSPS) is 16.7. The maximum absolute atomic E-state index is 15.7. The van der Waals surface area contributed by atoms with Crippen molar-refractivity contribution < 1.29 is 52.5 Å². The number of methoxy groups -OCH3 is 1. The molecule has 0 bridgehead atoms. The quantitative estimate of drug-likeness (QED) is 0.0129. The Balaban J connectivity index is 0.908. The molecule has 8 aromatic carbocycles. The third-order valence-electron chi connectivity index (χ3n) is 16.4. The monoisotopic (exact) mass is 1380 g/mol. The molecule has 0 aliphatic carbocycles. The van der Waals surface area contributed by atoms with Gasteiger partial charge in [0.2, 0.25) is 5.60 Å². The van der Waals surface area contributed by atoms with Crippen molar-refractivity contribution in [3.63, 3.8) is 0 Å². The average molecular weight is 1380 g/mol. The van der Waals surface area contributed by atoms with Crippen LogP contribution in [0, 0.1) is 0 Å². The number of aromatic nitrogens is 1. The molecule has 12 rings (SSSR count). The SMILES string of the molecule is COc1ccc(COC2C=NC(C(OC(c3ccccc3)c3ccccc3)SC3=C(C(=O)OC(c4ccccc4)c4ccccc4)N4C(=O)C(NC(=O)/C(=N\OC(C)(C)C(=O)OC(C)(C)C)c5csc(NC(c6ccccc6)(c6ccccc6)c6ccccc6)n5)[C@@H]4SC3)=CC2=O)cc1. The maximum atomic E-state index is 15.7. The number of fused-ring (bicyclic) bond motifs is 1. The number of carbonyl (C=O) groups is 5. The van der Waals surface area contributed by atoms with E-state index in [1.54, 1.807) is 33.3 Å². The summed E-state index contributed by atoms with van der Waals surface area (Å²) in [5, 5.41) is 12.2. The molecule has 1 aromatic heterocycles. The molecule has 4 atom stereocenters. The van der Waals surface area contributed by atoms with Gasteiger partial charge in [0, 0.05) is 28.3 Å². The number of nitrogens with zero attached hydrogens (tertiary/aromatic N) is 4. The molecule has 3 unspecified atom stereocenters. The summed E-state index contributed by atoms with van der Waals surface area (Å²) in [5.74, 6) is -2.74. The number of anilines is 1. The van der Waals surface area contributed by atoms with Crippen LogP contribution in [0.25, 0.3) is 0 Å². The summed E-state index contributed by atoms with van der Waals surface area (Å²) in [4.78, 5) is 92.2. The summed E-state index contributed by atoms with van der Waals surface area (Å²) in [5.41, 5.74) is 1.55. The second-order valence-electron chi connectivity index (χ2n) is 24.9. The summed E-state index contributed by atoms with van der Waals surface area (Å²) in [6, 6.07) is 73.7. The molecule has 20 heteroatoms. The van der Waals surface area contributed by atoms with Crippen LogP contribution in [0.3, 0.4) is 0 Å². The van der Waals surface area contributed by atoms with E-state index >= 15 is 14.4 Å². The van der Waals surface area contributed by atoms with E-state index in [0.29, 0.717) is 26.9 Å². The third-order valence-corrected chi connectivity index (χ3v) is 19.9.